The molecule has 0 unspecified atom stereocenters. The molecule has 49 heavy (non-hydrogen) atoms. The number of benzene rings is 3. The first-order valence-corrected chi connectivity index (χ1v) is 17.8. The van der Waals surface area contributed by atoms with Crippen molar-refractivity contribution in [3.63, 3.8) is 0 Å². The quantitative estimate of drug-likeness (QED) is 0.154. The first-order valence-electron chi connectivity index (χ1n) is 16.6. The molecule has 2 atom stereocenters. The van der Waals surface area contributed by atoms with Crippen molar-refractivity contribution in [1.29, 1.82) is 0 Å². The lowest BCUT2D eigenvalue weighted by Gasteiger charge is -2.29. The van der Waals surface area contributed by atoms with E-state index in [1.165, 1.54) is 47.7 Å². The van der Waals surface area contributed by atoms with Crippen molar-refractivity contribution in [2.45, 2.75) is 89.5 Å². The lowest BCUT2D eigenvalue weighted by Crippen LogP contribution is -2.48. The second kappa shape index (κ2) is 14.3. The minimum absolute atomic E-state index is 0.0255. The topological polar surface area (TPSA) is 97.0 Å². The van der Waals surface area contributed by atoms with Crippen LogP contribution in [0.5, 0.6) is 0 Å². The summed E-state index contributed by atoms with van der Waals surface area (Å²) in [7, 11) is 0. The largest absolute Gasteiger partial charge is 0.444 e. The average Bonchev–Trinajstić information content (AvgIpc) is 3.75. The number of thioether (sulfide) groups is 1. The van der Waals surface area contributed by atoms with Gasteiger partial charge < -0.3 is 20.1 Å². The van der Waals surface area contributed by atoms with Crippen LogP contribution in [0.1, 0.15) is 81.4 Å². The first-order chi connectivity index (χ1) is 23.1. The minimum Gasteiger partial charge on any atom is -0.444 e. The molecule has 1 heterocycles. The van der Waals surface area contributed by atoms with Crippen molar-refractivity contribution >= 4 is 35.4 Å². The van der Waals surface area contributed by atoms with E-state index in [0.29, 0.717) is 23.6 Å². The molecule has 0 bridgehead atoms. The van der Waals surface area contributed by atoms with E-state index in [-0.39, 0.29) is 17.3 Å². The summed E-state index contributed by atoms with van der Waals surface area (Å²) in [6.45, 7) is 12.3. The van der Waals surface area contributed by atoms with E-state index in [4.69, 9.17) is 9.47 Å². The van der Waals surface area contributed by atoms with E-state index in [1.807, 2.05) is 35.4 Å². The molecule has 5 rings (SSSR count). The lowest BCUT2D eigenvalue weighted by molar-refractivity contribution is 0.0436. The van der Waals surface area contributed by atoms with Gasteiger partial charge in [0.1, 0.15) is 17.5 Å². The summed E-state index contributed by atoms with van der Waals surface area (Å²) < 4.78 is 24.9. The smallest absolute Gasteiger partial charge is 0.411 e. The molecular formula is C39H46FN3O5S. The maximum absolute atomic E-state index is 13.5. The average molecular weight is 688 g/mol. The van der Waals surface area contributed by atoms with Gasteiger partial charge in [0, 0.05) is 17.3 Å². The third kappa shape index (κ3) is 9.03. The van der Waals surface area contributed by atoms with Gasteiger partial charge in [0.25, 0.3) is 0 Å². The van der Waals surface area contributed by atoms with Gasteiger partial charge in [0.05, 0.1) is 23.2 Å². The van der Waals surface area contributed by atoms with Crippen LogP contribution < -0.4 is 10.6 Å². The van der Waals surface area contributed by atoms with E-state index >= 15 is 0 Å². The number of amides is 2. The first kappa shape index (κ1) is 36.0. The van der Waals surface area contributed by atoms with Crippen molar-refractivity contribution in [2.75, 3.05) is 18.1 Å². The number of rotatable bonds is 11. The van der Waals surface area contributed by atoms with E-state index in [2.05, 4.69) is 55.7 Å². The molecule has 1 saturated heterocycles. The van der Waals surface area contributed by atoms with Gasteiger partial charge >= 0.3 is 12.2 Å². The Kier molecular flexibility index (Phi) is 10.5. The summed E-state index contributed by atoms with van der Waals surface area (Å²) in [4.78, 5) is 41.0. The van der Waals surface area contributed by atoms with E-state index in [9.17, 15) is 18.8 Å². The Morgan fingerprint density at radius 2 is 1.71 bits per heavy atom. The van der Waals surface area contributed by atoms with Crippen LogP contribution in [0.2, 0.25) is 0 Å². The number of nitrogens with one attached hydrogen (secondary N) is 2. The van der Waals surface area contributed by atoms with Crippen LogP contribution in [0.3, 0.4) is 0 Å². The van der Waals surface area contributed by atoms with E-state index in [1.54, 1.807) is 20.8 Å². The highest BCUT2D eigenvalue weighted by Crippen LogP contribution is 2.53. The molecule has 0 spiro atoms. The number of carbonyl (C=O) groups excluding carboxylic acids is 3. The molecular weight excluding hydrogens is 642 g/mol. The van der Waals surface area contributed by atoms with Crippen LogP contribution in [-0.2, 0) is 26.8 Å². The molecule has 0 radical (unpaired) electrons. The normalized spacial score (nSPS) is 18.0. The van der Waals surface area contributed by atoms with E-state index < -0.39 is 35.2 Å². The second-order valence-corrected chi connectivity index (χ2v) is 15.6. The zero-order valence-electron chi connectivity index (χ0n) is 29.3. The monoisotopic (exact) mass is 687 g/mol. The number of allylic oxidation sites excluding steroid dienone is 1. The number of ether oxygens (including phenoxy) is 2. The van der Waals surface area contributed by atoms with E-state index in [0.717, 1.165) is 29.7 Å². The number of hydrogen-bond donors (Lipinski definition) is 2. The van der Waals surface area contributed by atoms with Gasteiger partial charge in [-0.05, 0) is 105 Å². The number of halogens is 1. The Bertz CT molecular complexity index is 1710. The number of nitrogens with zero attached hydrogens (tertiary/aromatic N) is 1. The molecule has 3 aromatic rings. The third-order valence-corrected chi connectivity index (χ3v) is 9.44. The fraction of sp³-hybridized carbons (Fsp3) is 0.410. The zero-order chi connectivity index (χ0) is 35.6. The van der Waals surface area contributed by atoms with Crippen molar-refractivity contribution in [3.8, 4) is 0 Å². The van der Waals surface area contributed by atoms with Gasteiger partial charge in [-0.3, -0.25) is 9.69 Å². The summed E-state index contributed by atoms with van der Waals surface area (Å²) in [6.07, 6.45) is 3.88. The Balaban J connectivity index is 1.32. The summed E-state index contributed by atoms with van der Waals surface area (Å²) in [5.41, 5.74) is 3.25. The third-order valence-electron chi connectivity index (χ3n) is 8.78. The summed E-state index contributed by atoms with van der Waals surface area (Å²) in [6, 6.07) is 21.0. The molecule has 1 aliphatic heterocycles. The molecule has 2 N–H and O–H groups in total. The van der Waals surface area contributed by atoms with Gasteiger partial charge in [-0.2, -0.15) is 0 Å². The van der Waals surface area contributed by atoms with Gasteiger partial charge in [-0.1, -0.05) is 57.2 Å². The second-order valence-electron chi connectivity index (χ2n) is 14.8. The summed E-state index contributed by atoms with van der Waals surface area (Å²) in [5.74, 6) is -0.635. The number of ketones is 1. The van der Waals surface area contributed by atoms with Gasteiger partial charge in [-0.25, -0.2) is 14.0 Å². The number of alkyl carbamates (subject to hydrolysis) is 1. The van der Waals surface area contributed by atoms with Gasteiger partial charge in [0.2, 0.25) is 0 Å². The number of anilines is 1. The maximum atomic E-state index is 13.5. The molecule has 3 aromatic carbocycles. The molecule has 10 heteroatoms. The molecule has 2 amide bonds. The van der Waals surface area contributed by atoms with Crippen molar-refractivity contribution in [3.05, 3.63) is 112 Å². The molecule has 8 nitrogen and oxygen atoms in total. The SMILES string of the molecule is CSC(=CC(=O)c1ccc(F)cc1)Nc1ccc(C[C@H](NC(=O)OC(C)(C)C)[C@H]2CN(C3(c4cccc(C(C)(C)C)c4)CC3)C(=O)O2)cc1. The van der Waals surface area contributed by atoms with Crippen LogP contribution in [0.25, 0.3) is 0 Å². The standard InChI is InChI=1S/C39H46FN3O5S/c1-37(2,3)27-9-8-10-28(22-27)39(19-20-39)43-24-33(47-36(43)46)31(42-35(45)48-38(4,5)6)21-25-11-17-30(18-12-25)41-34(49-7)23-32(44)26-13-15-29(40)16-14-26/h8-18,22-23,31,33,41H,19-21,24H2,1-7H3,(H,42,45)/t31-,33+/m0/s1. The molecule has 0 aromatic heterocycles. The predicted molar refractivity (Wildman–Crippen MR) is 192 cm³/mol. The van der Waals surface area contributed by atoms with Crippen LogP contribution in [0, 0.1) is 5.82 Å². The van der Waals surface area contributed by atoms with Crippen molar-refractivity contribution < 1.29 is 28.2 Å². The molecule has 260 valence electrons. The number of cyclic esters (lactones) is 1. The highest BCUT2D eigenvalue weighted by Gasteiger charge is 2.56. The predicted octanol–water partition coefficient (Wildman–Crippen LogP) is 8.57. The molecule has 2 aliphatic rings. The Morgan fingerprint density at radius 3 is 2.31 bits per heavy atom. The minimum atomic E-state index is -0.697. The maximum Gasteiger partial charge on any atom is 0.411 e. The lowest BCUT2D eigenvalue weighted by atomic mass is 9.85. The highest BCUT2D eigenvalue weighted by molar-refractivity contribution is 8.02. The Hall–Kier alpha value is -4.31. The van der Waals surface area contributed by atoms with Crippen LogP contribution in [0.4, 0.5) is 19.7 Å². The Labute approximate surface area is 292 Å². The van der Waals surface area contributed by atoms with Crippen LogP contribution in [-0.4, -0.2) is 53.4 Å². The van der Waals surface area contributed by atoms with Crippen LogP contribution >= 0.6 is 11.8 Å². The van der Waals surface area contributed by atoms with Gasteiger partial charge in [-0.15, -0.1) is 11.8 Å². The summed E-state index contributed by atoms with van der Waals surface area (Å²) in [5, 5.41) is 6.88. The summed E-state index contributed by atoms with van der Waals surface area (Å²) >= 11 is 1.38. The molecule has 1 saturated carbocycles. The van der Waals surface area contributed by atoms with Gasteiger partial charge in [0.15, 0.2) is 5.78 Å². The fourth-order valence-electron chi connectivity index (χ4n) is 5.97. The van der Waals surface area contributed by atoms with Crippen molar-refractivity contribution in [1.82, 2.24) is 10.2 Å². The highest BCUT2D eigenvalue weighted by atomic mass is 32.2. The molecule has 1 aliphatic carbocycles. The number of carbonyl (C=O) groups is 3. The van der Waals surface area contributed by atoms with Crippen molar-refractivity contribution in [2.24, 2.45) is 0 Å². The van der Waals surface area contributed by atoms with Crippen LogP contribution in [0.15, 0.2) is 83.9 Å². The fourth-order valence-corrected chi connectivity index (χ4v) is 6.41. The Morgan fingerprint density at radius 1 is 1.04 bits per heavy atom. The number of hydrogen-bond acceptors (Lipinski definition) is 7. The molecule has 2 fully saturated rings. The zero-order valence-corrected chi connectivity index (χ0v) is 30.1.